The Hall–Kier alpha value is -1.02. The van der Waals surface area contributed by atoms with Gasteiger partial charge in [0.1, 0.15) is 0 Å². The molecule has 0 aromatic rings. The van der Waals surface area contributed by atoms with Gasteiger partial charge in [0, 0.05) is 0 Å². The highest BCUT2D eigenvalue weighted by atomic mass is 19.4. The third-order valence-electron chi connectivity index (χ3n) is 2.30. The maximum atomic E-state index is 11.9. The molecular weight excluding hydrogens is 243 g/mol. The molecule has 0 aliphatic carbocycles. The van der Waals surface area contributed by atoms with Crippen molar-refractivity contribution in [2.24, 2.45) is 0 Å². The summed E-state index contributed by atoms with van der Waals surface area (Å²) in [6, 6.07) is -0.376. The number of nitrogens with zero attached hydrogens (tertiary/aromatic N) is 1. The van der Waals surface area contributed by atoms with E-state index in [2.05, 4.69) is 4.74 Å². The molecule has 8 heteroatoms. The zero-order valence-electron chi connectivity index (χ0n) is 9.24. The highest BCUT2D eigenvalue weighted by Gasteiger charge is 2.34. The standard InChI is InChI=1S/C9H14F3NO4/c1-6-4-16-7(3-14)2-13(6)8(15)17-5-9(10,11)12/h6-7,14H,2-5H2,1H3. The molecule has 1 heterocycles. The molecule has 1 rings (SSSR count). The Morgan fingerprint density at radius 3 is 2.76 bits per heavy atom. The molecule has 1 amide bonds. The summed E-state index contributed by atoms with van der Waals surface area (Å²) in [6.07, 6.45) is -6.16. The van der Waals surface area contributed by atoms with Crippen LogP contribution in [-0.2, 0) is 9.47 Å². The van der Waals surface area contributed by atoms with Crippen molar-refractivity contribution in [1.82, 2.24) is 4.90 Å². The number of rotatable bonds is 2. The van der Waals surface area contributed by atoms with Crippen LogP contribution in [0.5, 0.6) is 0 Å². The van der Waals surface area contributed by atoms with E-state index in [9.17, 15) is 18.0 Å². The van der Waals surface area contributed by atoms with Gasteiger partial charge in [0.15, 0.2) is 6.61 Å². The minimum atomic E-state index is -4.54. The van der Waals surface area contributed by atoms with Crippen LogP contribution in [0.3, 0.4) is 0 Å². The van der Waals surface area contributed by atoms with E-state index in [0.717, 1.165) is 4.90 Å². The van der Waals surface area contributed by atoms with Crippen molar-refractivity contribution in [2.75, 3.05) is 26.4 Å². The molecule has 1 aliphatic rings. The first-order valence-corrected chi connectivity index (χ1v) is 5.06. The fourth-order valence-corrected chi connectivity index (χ4v) is 1.41. The van der Waals surface area contributed by atoms with Gasteiger partial charge in [0.25, 0.3) is 0 Å². The van der Waals surface area contributed by atoms with Crippen LogP contribution in [0.15, 0.2) is 0 Å². The normalized spacial score (nSPS) is 25.8. The molecule has 5 nitrogen and oxygen atoms in total. The molecule has 0 aromatic carbocycles. The van der Waals surface area contributed by atoms with E-state index in [0.29, 0.717) is 0 Å². The lowest BCUT2D eigenvalue weighted by Crippen LogP contribution is -2.52. The van der Waals surface area contributed by atoms with Crippen molar-refractivity contribution in [3.8, 4) is 0 Å². The molecule has 100 valence electrons. The monoisotopic (exact) mass is 257 g/mol. The van der Waals surface area contributed by atoms with Gasteiger partial charge in [-0.2, -0.15) is 13.2 Å². The smallest absolute Gasteiger partial charge is 0.422 e. The molecule has 2 unspecified atom stereocenters. The summed E-state index contributed by atoms with van der Waals surface area (Å²) >= 11 is 0. The molecule has 1 aliphatic heterocycles. The number of hydrogen-bond donors (Lipinski definition) is 1. The van der Waals surface area contributed by atoms with Crippen LogP contribution in [0.25, 0.3) is 0 Å². The summed E-state index contributed by atoms with van der Waals surface area (Å²) in [5, 5.41) is 8.85. The lowest BCUT2D eigenvalue weighted by atomic mass is 10.2. The van der Waals surface area contributed by atoms with E-state index in [1.54, 1.807) is 6.92 Å². The van der Waals surface area contributed by atoms with Gasteiger partial charge in [0.05, 0.1) is 31.9 Å². The SMILES string of the molecule is CC1COC(CO)CN1C(=O)OCC(F)(F)F. The van der Waals surface area contributed by atoms with Crippen molar-refractivity contribution in [3.05, 3.63) is 0 Å². The van der Waals surface area contributed by atoms with E-state index >= 15 is 0 Å². The van der Waals surface area contributed by atoms with E-state index in [4.69, 9.17) is 9.84 Å². The minimum Gasteiger partial charge on any atom is -0.440 e. The Morgan fingerprint density at radius 1 is 1.59 bits per heavy atom. The summed E-state index contributed by atoms with van der Waals surface area (Å²) in [7, 11) is 0. The van der Waals surface area contributed by atoms with Crippen molar-refractivity contribution < 1.29 is 32.5 Å². The number of carbonyl (C=O) groups is 1. The molecule has 0 spiro atoms. The van der Waals surface area contributed by atoms with E-state index in [-0.39, 0.29) is 25.8 Å². The third kappa shape index (κ3) is 4.39. The predicted molar refractivity (Wildman–Crippen MR) is 50.4 cm³/mol. The average Bonchev–Trinajstić information content (AvgIpc) is 2.25. The number of carbonyl (C=O) groups excluding carboxylic acids is 1. The number of amides is 1. The van der Waals surface area contributed by atoms with Gasteiger partial charge in [-0.15, -0.1) is 0 Å². The molecule has 1 saturated heterocycles. The van der Waals surface area contributed by atoms with Gasteiger partial charge in [-0.25, -0.2) is 4.79 Å². The van der Waals surface area contributed by atoms with Gasteiger partial charge in [-0.1, -0.05) is 0 Å². The molecule has 1 fully saturated rings. The van der Waals surface area contributed by atoms with Gasteiger partial charge in [-0.05, 0) is 6.92 Å². The van der Waals surface area contributed by atoms with Crippen LogP contribution in [0.2, 0.25) is 0 Å². The number of halogens is 3. The van der Waals surface area contributed by atoms with Gasteiger partial charge in [-0.3, -0.25) is 0 Å². The Bertz CT molecular complexity index is 271. The highest BCUT2D eigenvalue weighted by Crippen LogP contribution is 2.17. The van der Waals surface area contributed by atoms with Crippen LogP contribution in [0, 0.1) is 0 Å². The van der Waals surface area contributed by atoms with Gasteiger partial charge >= 0.3 is 12.3 Å². The Morgan fingerprint density at radius 2 is 2.24 bits per heavy atom. The number of morpholine rings is 1. The van der Waals surface area contributed by atoms with Crippen LogP contribution >= 0.6 is 0 Å². The van der Waals surface area contributed by atoms with Gasteiger partial charge in [0.2, 0.25) is 0 Å². The second-order valence-corrected chi connectivity index (χ2v) is 3.81. The van der Waals surface area contributed by atoms with E-state index in [1.165, 1.54) is 0 Å². The lowest BCUT2D eigenvalue weighted by molar-refractivity contribution is -0.165. The summed E-state index contributed by atoms with van der Waals surface area (Å²) in [5.74, 6) is 0. The molecule has 1 N–H and O–H groups in total. The largest absolute Gasteiger partial charge is 0.440 e. The van der Waals surface area contributed by atoms with Crippen molar-refractivity contribution >= 4 is 6.09 Å². The maximum Gasteiger partial charge on any atom is 0.422 e. The van der Waals surface area contributed by atoms with Crippen LogP contribution in [0.1, 0.15) is 6.92 Å². The summed E-state index contributed by atoms with van der Waals surface area (Å²) in [4.78, 5) is 12.5. The average molecular weight is 257 g/mol. The number of hydrogen-bond acceptors (Lipinski definition) is 4. The van der Waals surface area contributed by atoms with Crippen LogP contribution in [-0.4, -0.2) is 60.8 Å². The third-order valence-corrected chi connectivity index (χ3v) is 2.30. The first kappa shape index (κ1) is 14.0. The van der Waals surface area contributed by atoms with E-state index in [1.807, 2.05) is 0 Å². The lowest BCUT2D eigenvalue weighted by Gasteiger charge is -2.36. The zero-order valence-corrected chi connectivity index (χ0v) is 9.24. The Labute approximate surface area is 96.1 Å². The molecule has 0 saturated carbocycles. The van der Waals surface area contributed by atoms with Crippen molar-refractivity contribution in [2.45, 2.75) is 25.2 Å². The topological polar surface area (TPSA) is 59.0 Å². The fraction of sp³-hybridized carbons (Fsp3) is 0.889. The summed E-state index contributed by atoms with van der Waals surface area (Å²) < 4.78 is 44.9. The number of aliphatic hydroxyl groups is 1. The quantitative estimate of drug-likeness (QED) is 0.793. The van der Waals surface area contributed by atoms with E-state index < -0.39 is 25.0 Å². The molecule has 17 heavy (non-hydrogen) atoms. The number of ether oxygens (including phenoxy) is 2. The summed E-state index contributed by atoms with van der Waals surface area (Å²) in [6.45, 7) is -0.0986. The maximum absolute atomic E-state index is 11.9. The molecule has 0 radical (unpaired) electrons. The second kappa shape index (κ2) is 5.54. The number of aliphatic hydroxyl groups excluding tert-OH is 1. The Kier molecular flexibility index (Phi) is 4.58. The van der Waals surface area contributed by atoms with Gasteiger partial charge < -0.3 is 19.5 Å². The number of alkyl halides is 3. The fourth-order valence-electron chi connectivity index (χ4n) is 1.41. The Balaban J connectivity index is 2.49. The van der Waals surface area contributed by atoms with Crippen molar-refractivity contribution in [3.63, 3.8) is 0 Å². The molecular formula is C9H14F3NO4. The van der Waals surface area contributed by atoms with Crippen LogP contribution < -0.4 is 0 Å². The first-order valence-electron chi connectivity index (χ1n) is 5.06. The highest BCUT2D eigenvalue weighted by molar-refractivity contribution is 5.68. The predicted octanol–water partition coefficient (Wildman–Crippen LogP) is 0.767. The van der Waals surface area contributed by atoms with Crippen LogP contribution in [0.4, 0.5) is 18.0 Å². The minimum absolute atomic E-state index is 0.0222. The molecule has 0 aromatic heterocycles. The molecule has 0 bridgehead atoms. The molecule has 2 atom stereocenters. The first-order chi connectivity index (χ1) is 7.83. The summed E-state index contributed by atoms with van der Waals surface area (Å²) in [5.41, 5.74) is 0. The second-order valence-electron chi connectivity index (χ2n) is 3.81. The zero-order chi connectivity index (χ0) is 13.1. The van der Waals surface area contributed by atoms with Crippen molar-refractivity contribution in [1.29, 1.82) is 0 Å².